The molecule has 9 aliphatic rings. The summed E-state index contributed by atoms with van der Waals surface area (Å²) in [4.78, 5) is 42.0. The van der Waals surface area contributed by atoms with Crippen molar-refractivity contribution in [3.63, 3.8) is 0 Å². The molecule has 0 aromatic heterocycles. The SMILES string of the molecule is C=CCC1(O)CCC(C)(O)CC1.C=CCC1(O)CCC(C)(O)CC1.CC.CC1(O)CCC(=O)CC1.CC1(O)CCC(O)(CC=O)CC1.CC1(O)CCC(O)(CC=O)CC1.CC1(O)CCC2(CC1)OCCO2.O=C1CCC2(CC1)OCCO2.[CH3-].[Li][Mg+]. The summed E-state index contributed by atoms with van der Waals surface area (Å²) in [6.07, 6.45) is 25.0. The van der Waals surface area contributed by atoms with Crippen molar-refractivity contribution in [2.24, 2.45) is 0 Å². The first-order valence-corrected chi connectivity index (χ1v) is 33.0. The van der Waals surface area contributed by atoms with Crippen LogP contribution in [0.5, 0.6) is 0 Å². The molecule has 9 fully saturated rings. The van der Waals surface area contributed by atoms with Crippen LogP contribution in [0.15, 0.2) is 25.3 Å². The first-order chi connectivity index (χ1) is 38.9. The molecule has 18 nitrogen and oxygen atoms in total. The molecule has 2 heterocycles. The van der Waals surface area contributed by atoms with Crippen LogP contribution in [0.25, 0.3) is 0 Å². The second kappa shape index (κ2) is 38.1. The van der Waals surface area contributed by atoms with Gasteiger partial charge in [0.2, 0.25) is 0 Å². The molecule has 20 heteroatoms. The zero-order valence-corrected chi connectivity index (χ0v) is 56.0. The van der Waals surface area contributed by atoms with Crippen LogP contribution >= 0.6 is 0 Å². The van der Waals surface area contributed by atoms with Gasteiger partial charge in [-0.25, -0.2) is 0 Å². The van der Waals surface area contributed by atoms with E-state index in [4.69, 9.17) is 18.9 Å². The summed E-state index contributed by atoms with van der Waals surface area (Å²) in [6.45, 7) is 24.9. The van der Waals surface area contributed by atoms with Crippen molar-refractivity contribution in [1.29, 1.82) is 0 Å². The molecular formula is C65H117LiMgO18. The van der Waals surface area contributed by atoms with Gasteiger partial charge in [-0.05, 0) is 183 Å². The Balaban J connectivity index is 0.000000958. The van der Waals surface area contributed by atoms with Crippen LogP contribution in [0, 0.1) is 7.43 Å². The van der Waals surface area contributed by atoms with Gasteiger partial charge in [-0.3, -0.25) is 9.59 Å². The molecule has 10 N–H and O–H groups in total. The molecule has 0 unspecified atom stereocenters. The van der Waals surface area contributed by atoms with E-state index in [2.05, 4.69) is 13.2 Å². The predicted molar refractivity (Wildman–Crippen MR) is 332 cm³/mol. The molecule has 0 aromatic carbocycles. The van der Waals surface area contributed by atoms with Crippen molar-refractivity contribution in [2.75, 3.05) is 26.4 Å². The minimum absolute atomic E-state index is 0. The van der Waals surface area contributed by atoms with Crippen LogP contribution in [0.4, 0.5) is 0 Å². The van der Waals surface area contributed by atoms with Crippen molar-refractivity contribution in [3.8, 4) is 0 Å². The quantitative estimate of drug-likeness (QED) is 0.0476. The number of carbonyl (C=O) groups excluding carboxylic acids is 4. The maximum absolute atomic E-state index is 10.9. The van der Waals surface area contributed by atoms with Gasteiger partial charge in [-0.2, -0.15) is 0 Å². The van der Waals surface area contributed by atoms with Gasteiger partial charge in [0.05, 0.1) is 82.4 Å². The van der Waals surface area contributed by atoms with Crippen molar-refractivity contribution < 1.29 is 89.2 Å². The molecule has 0 amide bonds. The summed E-state index contributed by atoms with van der Waals surface area (Å²) in [7, 11) is 0. The zero-order valence-electron chi connectivity index (χ0n) is 54.6. The van der Waals surface area contributed by atoms with E-state index >= 15 is 0 Å². The van der Waals surface area contributed by atoms with Crippen LogP contribution in [-0.4, -0.2) is 203 Å². The summed E-state index contributed by atoms with van der Waals surface area (Å²) < 4.78 is 22.0. The molecule has 2 saturated heterocycles. The van der Waals surface area contributed by atoms with Crippen LogP contribution < -0.4 is 0 Å². The van der Waals surface area contributed by atoms with Gasteiger partial charge in [0, 0.05) is 64.2 Å². The number of ether oxygens (including phenoxy) is 4. The van der Waals surface area contributed by atoms with Crippen LogP contribution in [0.3, 0.4) is 0 Å². The second-order valence-electron chi connectivity index (χ2n) is 26.9. The van der Waals surface area contributed by atoms with E-state index in [-0.39, 0.29) is 31.8 Å². The van der Waals surface area contributed by atoms with Crippen LogP contribution in [-0.2, 0) is 38.1 Å². The Kier molecular flexibility index (Phi) is 37.6. The third kappa shape index (κ3) is 33.7. The van der Waals surface area contributed by atoms with Gasteiger partial charge < -0.3 is 87.0 Å². The normalized spacial score (nSPS) is 35.4. The molecule has 2 spiro atoms. The molecule has 488 valence electrons. The number of ketones is 2. The molecule has 0 aromatic rings. The molecule has 0 bridgehead atoms. The van der Waals surface area contributed by atoms with Gasteiger partial charge in [0.15, 0.2) is 11.6 Å². The number of rotatable bonds is 8. The van der Waals surface area contributed by atoms with E-state index in [0.717, 1.165) is 51.1 Å². The fraction of sp³-hybridized carbons (Fsp3) is 0.862. The molecule has 2 aliphatic heterocycles. The van der Waals surface area contributed by atoms with Gasteiger partial charge in [-0.15, -0.1) is 13.2 Å². The number of Topliss-reactive ketones (excluding diaryl/α,β-unsaturated/α-hetero) is 2. The van der Waals surface area contributed by atoms with E-state index in [9.17, 15) is 70.2 Å². The Labute approximate surface area is 531 Å². The molecular weight excluding hydrogens is 1100 g/mol. The zero-order chi connectivity index (χ0) is 64.3. The summed E-state index contributed by atoms with van der Waals surface area (Å²) in [5, 5.41) is 96.8. The third-order valence-corrected chi connectivity index (χ3v) is 18.2. The van der Waals surface area contributed by atoms with Crippen LogP contribution in [0.2, 0.25) is 0 Å². The number of carbonyl (C=O) groups is 4. The Morgan fingerprint density at radius 3 is 0.765 bits per heavy atom. The second-order valence-corrected chi connectivity index (χ2v) is 26.9. The van der Waals surface area contributed by atoms with Gasteiger partial charge in [0.1, 0.15) is 24.1 Å². The monoisotopic (exact) mass is 1220 g/mol. The van der Waals surface area contributed by atoms with Gasteiger partial charge >= 0.3 is 33.6 Å². The first-order valence-electron chi connectivity index (χ1n) is 31.6. The standard InChI is InChI=1S/2C10H18O2.3C9H16O3.C8H12O3.C7H12O2.C2H6.CH3.Li.Mg/c2*1-3-4-10(12)7-5-9(2,11)6-8-10;1-8(10)2-4-9(5-3-8)11-6-7-12-9;2*1-8(11)2-4-9(12,5-3-8)6-7-10;9-7-1-3-8(4-2-7)10-5-6-11-8;1-7(9)4-2-6(8)3-5-7;1-2;;;/h2*3,11-12H,1,4-8H2,2H3;10H,2-7H2,1H3;2*7,11-12H,2-6H2,1H3;1-6H2;9H,2-5H2,1H3;1-2H3;1H3;;/q;;;;;;;;-1;;+1. The summed E-state index contributed by atoms with van der Waals surface area (Å²) in [5.41, 5.74) is -6.35. The Morgan fingerprint density at radius 1 is 0.365 bits per heavy atom. The van der Waals surface area contributed by atoms with Gasteiger partial charge in [0.25, 0.3) is 0 Å². The number of aliphatic hydroxyl groups is 10. The van der Waals surface area contributed by atoms with Crippen LogP contribution in [0.1, 0.15) is 261 Å². The Morgan fingerprint density at radius 2 is 0.553 bits per heavy atom. The minimum atomic E-state index is -0.843. The van der Waals surface area contributed by atoms with E-state index in [1.54, 1.807) is 32.9 Å². The fourth-order valence-corrected chi connectivity index (χ4v) is 11.4. The number of hydrogen-bond donors (Lipinski definition) is 10. The van der Waals surface area contributed by atoms with Crippen molar-refractivity contribution in [2.45, 2.75) is 328 Å². The molecule has 7 aliphatic carbocycles. The number of hydrogen-bond acceptors (Lipinski definition) is 18. The van der Waals surface area contributed by atoms with E-state index < -0.39 is 56.0 Å². The first kappa shape index (κ1) is 84.0. The van der Waals surface area contributed by atoms with E-state index in [0.29, 0.717) is 192 Å². The van der Waals surface area contributed by atoms with E-state index in [1.807, 2.05) is 68.2 Å². The molecule has 7 saturated carbocycles. The Bertz CT molecular complexity index is 1710. The van der Waals surface area contributed by atoms with Crippen molar-refractivity contribution >= 4 is 57.7 Å². The average Bonchev–Trinajstić information content (AvgIpc) is 4.30. The predicted octanol–water partition coefficient (Wildman–Crippen LogP) is 8.02. The van der Waals surface area contributed by atoms with Crippen molar-refractivity contribution in [3.05, 3.63) is 32.7 Å². The molecule has 85 heavy (non-hydrogen) atoms. The average molecular weight is 1220 g/mol. The molecule has 9 rings (SSSR count). The molecule has 0 atom stereocenters. The summed E-state index contributed by atoms with van der Waals surface area (Å²) >= 11 is 3.89. The number of aldehydes is 2. The fourth-order valence-electron chi connectivity index (χ4n) is 11.4. The third-order valence-electron chi connectivity index (χ3n) is 18.2. The van der Waals surface area contributed by atoms with Gasteiger partial charge in [-0.1, -0.05) is 26.0 Å². The topological polar surface area (TPSA) is 308 Å². The Hall–Kier alpha value is -1.04. The van der Waals surface area contributed by atoms with E-state index in [1.165, 1.54) is 0 Å². The summed E-state index contributed by atoms with van der Waals surface area (Å²) in [5.74, 6) is -0.0628. The summed E-state index contributed by atoms with van der Waals surface area (Å²) in [6, 6.07) is 0. The van der Waals surface area contributed by atoms with Crippen molar-refractivity contribution in [1.82, 2.24) is 0 Å². The molecule has 0 radical (unpaired) electrons. The maximum atomic E-state index is 10.9.